The lowest BCUT2D eigenvalue weighted by atomic mass is 9.95. The predicted octanol–water partition coefficient (Wildman–Crippen LogP) is 2.35. The van der Waals surface area contributed by atoms with Crippen LogP contribution >= 0.6 is 0 Å². The molecule has 0 radical (unpaired) electrons. The van der Waals surface area contributed by atoms with Crippen molar-refractivity contribution in [1.82, 2.24) is 4.90 Å². The molecule has 1 aromatic carbocycles. The summed E-state index contributed by atoms with van der Waals surface area (Å²) in [4.78, 5) is 13.0. The Morgan fingerprint density at radius 3 is 2.71 bits per heavy atom. The highest BCUT2D eigenvalue weighted by Gasteiger charge is 2.18. The molecule has 0 saturated heterocycles. The van der Waals surface area contributed by atoms with Crippen LogP contribution in [0.4, 0.5) is 0 Å². The van der Waals surface area contributed by atoms with E-state index in [1.165, 1.54) is 5.56 Å². The largest absolute Gasteiger partial charge is 0.497 e. The molecule has 0 unspecified atom stereocenters. The SMILES string of the molecule is COc1cccc(CN(C)CC(C)(C)C=O)c1. The molecule has 0 amide bonds. The lowest BCUT2D eigenvalue weighted by molar-refractivity contribution is -0.115. The van der Waals surface area contributed by atoms with Crippen LogP contribution in [-0.2, 0) is 11.3 Å². The van der Waals surface area contributed by atoms with Crippen LogP contribution in [-0.4, -0.2) is 31.9 Å². The number of ether oxygens (including phenoxy) is 1. The molecule has 0 atom stereocenters. The standard InChI is InChI=1S/C14H21NO2/c1-14(2,11-16)10-15(3)9-12-6-5-7-13(8-12)17-4/h5-8,11H,9-10H2,1-4H3. The number of carbonyl (C=O) groups is 1. The van der Waals surface area contributed by atoms with Gasteiger partial charge in [0.1, 0.15) is 12.0 Å². The number of hydrogen-bond donors (Lipinski definition) is 0. The van der Waals surface area contributed by atoms with Crippen LogP contribution in [0.2, 0.25) is 0 Å². The average Bonchev–Trinajstić information content (AvgIpc) is 2.28. The molecule has 0 N–H and O–H groups in total. The van der Waals surface area contributed by atoms with E-state index in [2.05, 4.69) is 11.0 Å². The minimum absolute atomic E-state index is 0.298. The van der Waals surface area contributed by atoms with E-state index in [0.717, 1.165) is 25.1 Å². The first-order chi connectivity index (χ1) is 7.96. The van der Waals surface area contributed by atoms with Crippen LogP contribution in [0.15, 0.2) is 24.3 Å². The first-order valence-corrected chi connectivity index (χ1v) is 5.74. The van der Waals surface area contributed by atoms with Crippen LogP contribution in [0.25, 0.3) is 0 Å². The van der Waals surface area contributed by atoms with Gasteiger partial charge >= 0.3 is 0 Å². The van der Waals surface area contributed by atoms with Crippen LogP contribution < -0.4 is 4.74 Å². The first kappa shape index (κ1) is 13.7. The van der Waals surface area contributed by atoms with Gasteiger partial charge in [-0.2, -0.15) is 0 Å². The summed E-state index contributed by atoms with van der Waals surface area (Å²) in [5.74, 6) is 0.866. The summed E-state index contributed by atoms with van der Waals surface area (Å²) in [6.07, 6.45) is 1.01. The normalized spacial score (nSPS) is 11.6. The second-order valence-corrected chi connectivity index (χ2v) is 5.13. The fraction of sp³-hybridized carbons (Fsp3) is 0.500. The number of hydrogen-bond acceptors (Lipinski definition) is 3. The quantitative estimate of drug-likeness (QED) is 0.709. The maximum absolute atomic E-state index is 10.9. The fourth-order valence-corrected chi connectivity index (χ4v) is 1.87. The minimum Gasteiger partial charge on any atom is -0.497 e. The number of aldehydes is 1. The molecular formula is C14H21NO2. The first-order valence-electron chi connectivity index (χ1n) is 5.74. The van der Waals surface area contributed by atoms with Crippen molar-refractivity contribution in [1.29, 1.82) is 0 Å². The third kappa shape index (κ3) is 4.57. The molecule has 0 spiro atoms. The number of nitrogens with zero attached hydrogens (tertiary/aromatic N) is 1. The summed E-state index contributed by atoms with van der Waals surface area (Å²) in [5, 5.41) is 0. The van der Waals surface area contributed by atoms with Gasteiger partial charge in [-0.15, -0.1) is 0 Å². The Hall–Kier alpha value is -1.35. The molecule has 0 saturated carbocycles. The molecule has 0 aliphatic rings. The van der Waals surface area contributed by atoms with Crippen molar-refractivity contribution in [2.24, 2.45) is 5.41 Å². The van der Waals surface area contributed by atoms with E-state index in [4.69, 9.17) is 4.74 Å². The smallest absolute Gasteiger partial charge is 0.126 e. The van der Waals surface area contributed by atoms with Gasteiger partial charge in [-0.25, -0.2) is 0 Å². The molecule has 1 aromatic rings. The summed E-state index contributed by atoms with van der Waals surface area (Å²) in [6.45, 7) is 5.45. The molecule has 0 heterocycles. The van der Waals surface area contributed by atoms with Crippen molar-refractivity contribution in [3.63, 3.8) is 0 Å². The Morgan fingerprint density at radius 1 is 1.41 bits per heavy atom. The Morgan fingerprint density at radius 2 is 2.12 bits per heavy atom. The van der Waals surface area contributed by atoms with Crippen molar-refractivity contribution in [3.05, 3.63) is 29.8 Å². The highest BCUT2D eigenvalue weighted by Crippen LogP contribution is 2.17. The summed E-state index contributed by atoms with van der Waals surface area (Å²) < 4.78 is 5.18. The van der Waals surface area contributed by atoms with Crippen LogP contribution in [0.5, 0.6) is 5.75 Å². The second-order valence-electron chi connectivity index (χ2n) is 5.13. The van der Waals surface area contributed by atoms with Gasteiger partial charge in [0.05, 0.1) is 7.11 Å². The van der Waals surface area contributed by atoms with Gasteiger partial charge in [0.25, 0.3) is 0 Å². The topological polar surface area (TPSA) is 29.5 Å². The van der Waals surface area contributed by atoms with E-state index in [-0.39, 0.29) is 5.41 Å². The van der Waals surface area contributed by atoms with Gasteiger partial charge in [0, 0.05) is 18.5 Å². The zero-order valence-electron chi connectivity index (χ0n) is 11.1. The maximum atomic E-state index is 10.9. The van der Waals surface area contributed by atoms with E-state index in [9.17, 15) is 4.79 Å². The van der Waals surface area contributed by atoms with E-state index in [1.807, 2.05) is 39.1 Å². The van der Waals surface area contributed by atoms with E-state index >= 15 is 0 Å². The van der Waals surface area contributed by atoms with Gasteiger partial charge < -0.3 is 14.4 Å². The maximum Gasteiger partial charge on any atom is 0.126 e. The molecule has 1 rings (SSSR count). The van der Waals surface area contributed by atoms with Crippen molar-refractivity contribution in [2.75, 3.05) is 20.7 Å². The zero-order valence-corrected chi connectivity index (χ0v) is 11.1. The van der Waals surface area contributed by atoms with Crippen LogP contribution in [0, 0.1) is 5.41 Å². The lowest BCUT2D eigenvalue weighted by Gasteiger charge is -2.25. The Bertz CT molecular complexity index is 374. The van der Waals surface area contributed by atoms with E-state index in [0.29, 0.717) is 0 Å². The predicted molar refractivity (Wildman–Crippen MR) is 69.2 cm³/mol. The van der Waals surface area contributed by atoms with Gasteiger partial charge in [-0.3, -0.25) is 0 Å². The number of rotatable bonds is 6. The number of carbonyl (C=O) groups excluding carboxylic acids is 1. The number of methoxy groups -OCH3 is 1. The van der Waals surface area contributed by atoms with Crippen molar-refractivity contribution < 1.29 is 9.53 Å². The molecular weight excluding hydrogens is 214 g/mol. The molecule has 3 nitrogen and oxygen atoms in total. The molecule has 0 bridgehead atoms. The summed E-state index contributed by atoms with van der Waals surface area (Å²) in [7, 11) is 3.68. The van der Waals surface area contributed by atoms with Crippen LogP contribution in [0.1, 0.15) is 19.4 Å². The lowest BCUT2D eigenvalue weighted by Crippen LogP contribution is -2.32. The van der Waals surface area contributed by atoms with E-state index in [1.54, 1.807) is 7.11 Å². The molecule has 3 heteroatoms. The highest BCUT2D eigenvalue weighted by atomic mass is 16.5. The van der Waals surface area contributed by atoms with Gasteiger partial charge in [0.2, 0.25) is 0 Å². The average molecular weight is 235 g/mol. The molecule has 0 aliphatic heterocycles. The van der Waals surface area contributed by atoms with Gasteiger partial charge in [0.15, 0.2) is 0 Å². The zero-order chi connectivity index (χ0) is 12.9. The molecule has 0 aliphatic carbocycles. The highest BCUT2D eigenvalue weighted by molar-refractivity contribution is 5.58. The van der Waals surface area contributed by atoms with Crippen molar-refractivity contribution in [3.8, 4) is 5.75 Å². The molecule has 0 aromatic heterocycles. The Kier molecular flexibility index (Phi) is 4.70. The Balaban J connectivity index is 2.61. The summed E-state index contributed by atoms with van der Waals surface area (Å²) in [5.41, 5.74) is 0.890. The molecule has 0 fully saturated rings. The van der Waals surface area contributed by atoms with Crippen molar-refractivity contribution in [2.45, 2.75) is 20.4 Å². The monoisotopic (exact) mass is 235 g/mol. The van der Waals surface area contributed by atoms with Crippen LogP contribution in [0.3, 0.4) is 0 Å². The number of benzene rings is 1. The summed E-state index contributed by atoms with van der Waals surface area (Å²) in [6, 6.07) is 7.99. The third-order valence-electron chi connectivity index (χ3n) is 2.58. The Labute approximate surface area is 103 Å². The van der Waals surface area contributed by atoms with E-state index < -0.39 is 0 Å². The van der Waals surface area contributed by atoms with Gasteiger partial charge in [-0.1, -0.05) is 26.0 Å². The molecule has 17 heavy (non-hydrogen) atoms. The molecule has 94 valence electrons. The second kappa shape index (κ2) is 5.82. The van der Waals surface area contributed by atoms with Gasteiger partial charge in [-0.05, 0) is 24.7 Å². The summed E-state index contributed by atoms with van der Waals surface area (Å²) >= 11 is 0. The van der Waals surface area contributed by atoms with Crippen molar-refractivity contribution >= 4 is 6.29 Å². The fourth-order valence-electron chi connectivity index (χ4n) is 1.87. The minimum atomic E-state index is -0.298. The third-order valence-corrected chi connectivity index (χ3v) is 2.58.